The summed E-state index contributed by atoms with van der Waals surface area (Å²) in [6.07, 6.45) is 2.02. The second kappa shape index (κ2) is 6.11. The number of aryl methyl sites for hydroxylation is 1. The molecule has 4 aromatic rings. The Hall–Kier alpha value is -2.92. The number of aromatic nitrogens is 3. The van der Waals surface area contributed by atoms with E-state index in [0.29, 0.717) is 0 Å². The van der Waals surface area contributed by atoms with Crippen molar-refractivity contribution in [1.82, 2.24) is 9.78 Å². The number of benzene rings is 2. The summed E-state index contributed by atoms with van der Waals surface area (Å²) in [5.74, 6) is 0.159. The predicted molar refractivity (Wildman–Crippen MR) is 102 cm³/mol. The van der Waals surface area contributed by atoms with E-state index in [1.165, 1.54) is 5.56 Å². The molecule has 26 heavy (non-hydrogen) atoms. The Morgan fingerprint density at radius 1 is 1.00 bits per heavy atom. The Bertz CT molecular complexity index is 1090. The van der Waals surface area contributed by atoms with Gasteiger partial charge in [-0.25, -0.2) is 0 Å². The molecule has 0 radical (unpaired) electrons. The first-order chi connectivity index (χ1) is 11.9. The van der Waals surface area contributed by atoms with Crippen LogP contribution in [0.15, 0.2) is 54.7 Å². The molecule has 5 nitrogen and oxygen atoms in total. The Morgan fingerprint density at radius 2 is 1.65 bits per heavy atom. The molecule has 2 N–H and O–H groups in total. The van der Waals surface area contributed by atoms with Gasteiger partial charge in [0.05, 0.1) is 5.69 Å². The molecule has 134 valence electrons. The third-order valence-corrected chi connectivity index (χ3v) is 4.72. The van der Waals surface area contributed by atoms with E-state index in [4.69, 9.17) is 5.10 Å². The molecule has 0 aliphatic heterocycles. The Balaban J connectivity index is 0.00000196. The molecular formula is C21H23N3O2. The van der Waals surface area contributed by atoms with Crippen LogP contribution in [0.3, 0.4) is 0 Å². The van der Waals surface area contributed by atoms with Crippen LogP contribution >= 0.6 is 0 Å². The fourth-order valence-electron chi connectivity index (χ4n) is 3.29. The summed E-state index contributed by atoms with van der Waals surface area (Å²) in [6.45, 7) is 6.56. The Morgan fingerprint density at radius 3 is 2.31 bits per heavy atom. The van der Waals surface area contributed by atoms with Crippen LogP contribution in [0.5, 0.6) is 5.88 Å². The van der Waals surface area contributed by atoms with E-state index in [1.54, 1.807) is 4.68 Å². The SMILES string of the molecule is C[n+]1cc2ccccc2c2nn(-c3ccc(C(C)(C)C)cc3)c(O)c21.[OH-]. The van der Waals surface area contributed by atoms with Crippen LogP contribution in [0.25, 0.3) is 27.5 Å². The van der Waals surface area contributed by atoms with Gasteiger partial charge in [0, 0.05) is 10.8 Å². The molecule has 0 aliphatic carbocycles. The fraction of sp³-hybridized carbons (Fsp3) is 0.238. The quantitative estimate of drug-likeness (QED) is 0.531. The number of aromatic hydroxyl groups is 1. The highest BCUT2D eigenvalue weighted by atomic mass is 16.3. The highest BCUT2D eigenvalue weighted by molar-refractivity contribution is 6.02. The van der Waals surface area contributed by atoms with Gasteiger partial charge in [0.25, 0.3) is 11.4 Å². The molecule has 5 heteroatoms. The van der Waals surface area contributed by atoms with Crippen LogP contribution in [0, 0.1) is 0 Å². The summed E-state index contributed by atoms with van der Waals surface area (Å²) in [5, 5.41) is 17.6. The maximum absolute atomic E-state index is 10.8. The van der Waals surface area contributed by atoms with Crippen LogP contribution < -0.4 is 4.57 Å². The van der Waals surface area contributed by atoms with Gasteiger partial charge < -0.3 is 10.6 Å². The van der Waals surface area contributed by atoms with E-state index in [0.717, 1.165) is 27.5 Å². The van der Waals surface area contributed by atoms with Crippen molar-refractivity contribution in [3.05, 3.63) is 60.3 Å². The molecule has 0 bridgehead atoms. The Kier molecular flexibility index (Phi) is 4.20. The summed E-state index contributed by atoms with van der Waals surface area (Å²) in [7, 11) is 1.93. The predicted octanol–water partition coefficient (Wildman–Crippen LogP) is 3.83. The molecule has 0 fully saturated rings. The zero-order valence-electron chi connectivity index (χ0n) is 15.4. The molecule has 0 saturated heterocycles. The Labute approximate surface area is 152 Å². The van der Waals surface area contributed by atoms with Gasteiger partial charge in [-0.3, -0.25) is 0 Å². The van der Waals surface area contributed by atoms with Crippen LogP contribution in [-0.2, 0) is 12.5 Å². The maximum Gasteiger partial charge on any atom is 0.296 e. The second-order valence-corrected chi connectivity index (χ2v) is 7.56. The zero-order chi connectivity index (χ0) is 17.8. The molecule has 2 aromatic carbocycles. The minimum Gasteiger partial charge on any atom is -0.870 e. The highest BCUT2D eigenvalue weighted by Crippen LogP contribution is 2.30. The van der Waals surface area contributed by atoms with Crippen molar-refractivity contribution in [2.45, 2.75) is 26.2 Å². The van der Waals surface area contributed by atoms with Gasteiger partial charge in [0.2, 0.25) is 0 Å². The molecule has 4 rings (SSSR count). The average Bonchev–Trinajstić information content (AvgIpc) is 2.93. The number of hydrogen-bond acceptors (Lipinski definition) is 3. The van der Waals surface area contributed by atoms with Gasteiger partial charge >= 0.3 is 0 Å². The van der Waals surface area contributed by atoms with Crippen LogP contribution in [0.1, 0.15) is 26.3 Å². The molecule has 0 saturated carbocycles. The lowest BCUT2D eigenvalue weighted by Crippen LogP contribution is -2.27. The van der Waals surface area contributed by atoms with Crippen molar-refractivity contribution in [3.63, 3.8) is 0 Å². The molecule has 2 heterocycles. The van der Waals surface area contributed by atoms with Gasteiger partial charge in [0.1, 0.15) is 7.05 Å². The van der Waals surface area contributed by atoms with Crippen LogP contribution in [0.2, 0.25) is 0 Å². The van der Waals surface area contributed by atoms with Gasteiger partial charge in [-0.05, 0) is 29.2 Å². The summed E-state index contributed by atoms with van der Waals surface area (Å²) < 4.78 is 3.55. The first kappa shape index (κ1) is 17.9. The van der Waals surface area contributed by atoms with Crippen molar-refractivity contribution in [1.29, 1.82) is 0 Å². The first-order valence-electron chi connectivity index (χ1n) is 8.46. The lowest BCUT2D eigenvalue weighted by molar-refractivity contribution is -0.643. The smallest absolute Gasteiger partial charge is 0.296 e. The van der Waals surface area contributed by atoms with Crippen molar-refractivity contribution < 1.29 is 15.1 Å². The monoisotopic (exact) mass is 349 g/mol. The number of fused-ring (bicyclic) bond motifs is 3. The molecular weight excluding hydrogens is 326 g/mol. The number of nitrogens with zero attached hydrogens (tertiary/aromatic N) is 3. The minimum absolute atomic E-state index is 0. The molecule has 2 aromatic heterocycles. The average molecular weight is 349 g/mol. The van der Waals surface area contributed by atoms with Crippen molar-refractivity contribution in [2.75, 3.05) is 0 Å². The van der Waals surface area contributed by atoms with E-state index in [1.807, 2.05) is 48.1 Å². The van der Waals surface area contributed by atoms with Gasteiger partial charge in [-0.1, -0.05) is 51.1 Å². The molecule has 0 spiro atoms. The minimum atomic E-state index is 0. The maximum atomic E-state index is 10.8. The highest BCUT2D eigenvalue weighted by Gasteiger charge is 2.23. The van der Waals surface area contributed by atoms with Crippen molar-refractivity contribution in [2.24, 2.45) is 7.05 Å². The van der Waals surface area contributed by atoms with E-state index in [9.17, 15) is 5.11 Å². The van der Waals surface area contributed by atoms with Crippen LogP contribution in [-0.4, -0.2) is 20.4 Å². The van der Waals surface area contributed by atoms with Crippen LogP contribution in [0.4, 0.5) is 0 Å². The third-order valence-electron chi connectivity index (χ3n) is 4.72. The lowest BCUT2D eigenvalue weighted by Gasteiger charge is -2.19. The normalized spacial score (nSPS) is 11.7. The van der Waals surface area contributed by atoms with Gasteiger partial charge in [0.15, 0.2) is 11.7 Å². The van der Waals surface area contributed by atoms with E-state index in [-0.39, 0.29) is 16.8 Å². The van der Waals surface area contributed by atoms with Gasteiger partial charge in [-0.15, -0.1) is 0 Å². The first-order valence-corrected chi connectivity index (χ1v) is 8.46. The molecule has 0 amide bonds. The largest absolute Gasteiger partial charge is 0.870 e. The summed E-state index contributed by atoms with van der Waals surface area (Å²) >= 11 is 0. The van der Waals surface area contributed by atoms with Gasteiger partial charge in [-0.2, -0.15) is 14.3 Å². The number of hydrogen-bond donors (Lipinski definition) is 1. The number of pyridine rings is 1. The topological polar surface area (TPSA) is 71.9 Å². The number of rotatable bonds is 1. The second-order valence-electron chi connectivity index (χ2n) is 7.56. The summed E-state index contributed by atoms with van der Waals surface area (Å²) in [4.78, 5) is 0. The van der Waals surface area contributed by atoms with Crippen molar-refractivity contribution >= 4 is 21.8 Å². The van der Waals surface area contributed by atoms with E-state index < -0.39 is 0 Å². The molecule has 0 atom stereocenters. The fourth-order valence-corrected chi connectivity index (χ4v) is 3.29. The standard InChI is InChI=1S/C21H21N3O.H2O/c1-21(2,3)15-9-11-16(12-10-15)24-20(25)19-18(22-24)17-8-6-5-7-14(17)13-23(19)4;/h5-13H,1-4H3;1H2. The summed E-state index contributed by atoms with van der Waals surface area (Å²) in [5.41, 5.74) is 3.74. The van der Waals surface area contributed by atoms with E-state index in [2.05, 4.69) is 39.0 Å². The molecule has 0 aliphatic rings. The zero-order valence-corrected chi connectivity index (χ0v) is 15.4. The van der Waals surface area contributed by atoms with E-state index >= 15 is 0 Å². The third kappa shape index (κ3) is 2.70. The van der Waals surface area contributed by atoms with Crippen molar-refractivity contribution in [3.8, 4) is 11.6 Å². The summed E-state index contributed by atoms with van der Waals surface area (Å²) in [6, 6.07) is 16.3. The lowest BCUT2D eigenvalue weighted by atomic mass is 9.87. The molecule has 0 unspecified atom stereocenters.